The number of amides is 1. The first-order chi connectivity index (χ1) is 12.2. The van der Waals surface area contributed by atoms with Crippen LogP contribution in [0.15, 0.2) is 72.4 Å². The highest BCUT2D eigenvalue weighted by molar-refractivity contribution is 8.00. The highest BCUT2D eigenvalue weighted by Gasteiger charge is 2.18. The number of carbonyl (C=O) groups is 1. The lowest BCUT2D eigenvalue weighted by Crippen LogP contribution is -2.30. The number of para-hydroxylation sites is 2. The van der Waals surface area contributed by atoms with E-state index in [0.29, 0.717) is 13.1 Å². The highest BCUT2D eigenvalue weighted by atomic mass is 32.2. The number of rotatable bonds is 7. The Bertz CT molecular complexity index is 873. The van der Waals surface area contributed by atoms with Crippen molar-refractivity contribution in [3.63, 3.8) is 0 Å². The third-order valence-corrected chi connectivity index (χ3v) is 4.98. The molecular formula is C20H21N3OS. The molecule has 1 amide bonds. The van der Waals surface area contributed by atoms with Gasteiger partial charge in [0.25, 0.3) is 0 Å². The molecule has 0 saturated carbocycles. The number of aromatic nitrogens is 2. The Balaban J connectivity index is 1.70. The van der Waals surface area contributed by atoms with Crippen LogP contribution < -0.4 is 5.32 Å². The van der Waals surface area contributed by atoms with E-state index in [4.69, 9.17) is 0 Å². The van der Waals surface area contributed by atoms with Crippen molar-refractivity contribution in [3.05, 3.63) is 72.8 Å². The van der Waals surface area contributed by atoms with Crippen LogP contribution in [0.25, 0.3) is 11.0 Å². The zero-order valence-electron chi connectivity index (χ0n) is 14.2. The molecule has 0 spiro atoms. The smallest absolute Gasteiger partial charge is 0.233 e. The van der Waals surface area contributed by atoms with Crippen molar-refractivity contribution in [2.75, 3.05) is 0 Å². The standard InChI is InChI=1S/C20H21N3OS/c1-3-13-23-18-12-8-7-11-17(18)22-20(23)25-15(2)19(24)21-14-16-9-5-4-6-10-16/h3-12,15H,1,13-14H2,2H3,(H,21,24). The molecule has 2 aromatic carbocycles. The maximum atomic E-state index is 12.4. The Labute approximate surface area is 152 Å². The Hall–Kier alpha value is -2.53. The maximum absolute atomic E-state index is 12.4. The molecule has 0 aliphatic rings. The molecule has 5 heteroatoms. The van der Waals surface area contributed by atoms with Crippen LogP contribution in [0.5, 0.6) is 0 Å². The predicted molar refractivity (Wildman–Crippen MR) is 104 cm³/mol. The van der Waals surface area contributed by atoms with Crippen LogP contribution in [0.1, 0.15) is 12.5 Å². The lowest BCUT2D eigenvalue weighted by atomic mass is 10.2. The van der Waals surface area contributed by atoms with Crippen LogP contribution in [0, 0.1) is 0 Å². The molecule has 0 radical (unpaired) electrons. The number of nitrogens with one attached hydrogen (secondary N) is 1. The Kier molecular flexibility index (Phi) is 5.56. The second kappa shape index (κ2) is 8.03. The van der Waals surface area contributed by atoms with E-state index in [2.05, 4.69) is 21.4 Å². The summed E-state index contributed by atoms with van der Waals surface area (Å²) in [5.74, 6) is 0.00561. The van der Waals surface area contributed by atoms with Gasteiger partial charge >= 0.3 is 0 Å². The summed E-state index contributed by atoms with van der Waals surface area (Å²) >= 11 is 1.47. The van der Waals surface area contributed by atoms with Gasteiger partial charge in [-0.15, -0.1) is 6.58 Å². The quantitative estimate of drug-likeness (QED) is 0.517. The number of carbonyl (C=O) groups excluding carboxylic acids is 1. The van der Waals surface area contributed by atoms with Gasteiger partial charge in [0, 0.05) is 13.1 Å². The second-order valence-electron chi connectivity index (χ2n) is 5.75. The molecule has 4 nitrogen and oxygen atoms in total. The third-order valence-electron chi connectivity index (χ3n) is 3.89. The van der Waals surface area contributed by atoms with Crippen LogP contribution in [0.2, 0.25) is 0 Å². The predicted octanol–water partition coefficient (Wildman–Crippen LogP) is 4.02. The fraction of sp³-hybridized carbons (Fsp3) is 0.200. The summed E-state index contributed by atoms with van der Waals surface area (Å²) in [5.41, 5.74) is 3.08. The Morgan fingerprint density at radius 2 is 1.96 bits per heavy atom. The van der Waals surface area contributed by atoms with Crippen molar-refractivity contribution in [3.8, 4) is 0 Å². The van der Waals surface area contributed by atoms with Gasteiger partial charge in [-0.25, -0.2) is 4.98 Å². The van der Waals surface area contributed by atoms with Gasteiger partial charge < -0.3 is 9.88 Å². The maximum Gasteiger partial charge on any atom is 0.233 e. The van der Waals surface area contributed by atoms with Crippen molar-refractivity contribution >= 4 is 28.7 Å². The molecule has 128 valence electrons. The zero-order valence-corrected chi connectivity index (χ0v) is 15.0. The van der Waals surface area contributed by atoms with E-state index in [-0.39, 0.29) is 11.2 Å². The van der Waals surface area contributed by atoms with Gasteiger partial charge in [-0.2, -0.15) is 0 Å². The second-order valence-corrected chi connectivity index (χ2v) is 7.05. The number of hydrogen-bond acceptors (Lipinski definition) is 3. The molecule has 1 aromatic heterocycles. The molecule has 0 bridgehead atoms. The minimum Gasteiger partial charge on any atom is -0.351 e. The summed E-state index contributed by atoms with van der Waals surface area (Å²) in [5, 5.41) is 3.59. The number of thioether (sulfide) groups is 1. The molecule has 1 N–H and O–H groups in total. The van der Waals surface area contributed by atoms with Gasteiger partial charge in [0.05, 0.1) is 16.3 Å². The number of allylic oxidation sites excluding steroid dienone is 1. The summed E-state index contributed by atoms with van der Waals surface area (Å²) in [6.07, 6.45) is 1.85. The lowest BCUT2D eigenvalue weighted by molar-refractivity contribution is -0.120. The van der Waals surface area contributed by atoms with Gasteiger partial charge in [-0.05, 0) is 24.6 Å². The number of fused-ring (bicyclic) bond motifs is 1. The van der Waals surface area contributed by atoms with E-state index in [1.807, 2.05) is 67.6 Å². The van der Waals surface area contributed by atoms with E-state index < -0.39 is 0 Å². The van der Waals surface area contributed by atoms with Gasteiger partial charge in [0.1, 0.15) is 0 Å². The average molecular weight is 351 g/mol. The summed E-state index contributed by atoms with van der Waals surface area (Å²) in [7, 11) is 0. The van der Waals surface area contributed by atoms with Crippen LogP contribution in [0.3, 0.4) is 0 Å². The van der Waals surface area contributed by atoms with Crippen molar-refractivity contribution in [2.24, 2.45) is 0 Å². The molecule has 3 rings (SSSR count). The summed E-state index contributed by atoms with van der Waals surface area (Å²) in [6, 6.07) is 17.9. The topological polar surface area (TPSA) is 46.9 Å². The largest absolute Gasteiger partial charge is 0.351 e. The first kappa shape index (κ1) is 17.3. The number of benzene rings is 2. The fourth-order valence-corrected chi connectivity index (χ4v) is 3.55. The van der Waals surface area contributed by atoms with E-state index in [0.717, 1.165) is 21.8 Å². The van der Waals surface area contributed by atoms with Gasteiger partial charge in [0.2, 0.25) is 5.91 Å². The molecular weight excluding hydrogens is 330 g/mol. The minimum atomic E-state index is -0.232. The molecule has 0 saturated heterocycles. The van der Waals surface area contributed by atoms with Crippen LogP contribution in [-0.4, -0.2) is 20.7 Å². The number of nitrogens with zero attached hydrogens (tertiary/aromatic N) is 2. The van der Waals surface area contributed by atoms with Crippen molar-refractivity contribution in [2.45, 2.75) is 30.4 Å². The monoisotopic (exact) mass is 351 g/mol. The van der Waals surface area contributed by atoms with E-state index >= 15 is 0 Å². The normalized spacial score (nSPS) is 12.0. The molecule has 1 unspecified atom stereocenters. The van der Waals surface area contributed by atoms with Gasteiger partial charge in [-0.1, -0.05) is 60.3 Å². The first-order valence-electron chi connectivity index (χ1n) is 8.23. The van der Waals surface area contributed by atoms with Crippen LogP contribution in [0.4, 0.5) is 0 Å². The molecule has 25 heavy (non-hydrogen) atoms. The summed E-state index contributed by atoms with van der Waals surface area (Å²) in [4.78, 5) is 17.1. The average Bonchev–Trinajstić information content (AvgIpc) is 2.98. The molecule has 1 atom stereocenters. The summed E-state index contributed by atoms with van der Waals surface area (Å²) < 4.78 is 2.09. The Morgan fingerprint density at radius 3 is 2.72 bits per heavy atom. The molecule has 0 fully saturated rings. The summed E-state index contributed by atoms with van der Waals surface area (Å²) in [6.45, 7) is 6.93. The minimum absolute atomic E-state index is 0.00561. The van der Waals surface area contributed by atoms with E-state index in [1.165, 1.54) is 11.8 Å². The van der Waals surface area contributed by atoms with Gasteiger partial charge in [0.15, 0.2) is 5.16 Å². The third kappa shape index (κ3) is 4.12. The SMILES string of the molecule is C=CCn1c(SC(C)C(=O)NCc2ccccc2)nc2ccccc21. The van der Waals surface area contributed by atoms with E-state index in [1.54, 1.807) is 0 Å². The van der Waals surface area contributed by atoms with Crippen molar-refractivity contribution < 1.29 is 4.79 Å². The van der Waals surface area contributed by atoms with Crippen molar-refractivity contribution in [1.29, 1.82) is 0 Å². The molecule has 0 aliphatic heterocycles. The number of imidazole rings is 1. The molecule has 1 heterocycles. The Morgan fingerprint density at radius 1 is 1.24 bits per heavy atom. The van der Waals surface area contributed by atoms with Crippen LogP contribution in [-0.2, 0) is 17.9 Å². The zero-order chi connectivity index (χ0) is 17.6. The van der Waals surface area contributed by atoms with Gasteiger partial charge in [-0.3, -0.25) is 4.79 Å². The number of hydrogen-bond donors (Lipinski definition) is 1. The van der Waals surface area contributed by atoms with E-state index in [9.17, 15) is 4.79 Å². The van der Waals surface area contributed by atoms with Crippen LogP contribution >= 0.6 is 11.8 Å². The fourth-order valence-electron chi connectivity index (χ4n) is 2.59. The lowest BCUT2D eigenvalue weighted by Gasteiger charge is -2.13. The molecule has 3 aromatic rings. The van der Waals surface area contributed by atoms with Crippen molar-refractivity contribution in [1.82, 2.24) is 14.9 Å². The highest BCUT2D eigenvalue weighted by Crippen LogP contribution is 2.27. The first-order valence-corrected chi connectivity index (χ1v) is 9.11. The molecule has 0 aliphatic carbocycles.